The highest BCUT2D eigenvalue weighted by Gasteiger charge is 2.51. The third-order valence-corrected chi connectivity index (χ3v) is 5.05. The molecular weight excluding hydrogens is 300 g/mol. The molecule has 2 fully saturated rings. The van der Waals surface area contributed by atoms with Crippen molar-refractivity contribution in [2.45, 2.75) is 44.7 Å². The van der Waals surface area contributed by atoms with E-state index in [-0.39, 0.29) is 12.3 Å². The van der Waals surface area contributed by atoms with Crippen LogP contribution in [0.25, 0.3) is 0 Å². The Bertz CT molecular complexity index is 593. The number of carboxylic acid groups (broad SMARTS) is 1. The summed E-state index contributed by atoms with van der Waals surface area (Å²) >= 11 is 0. The zero-order valence-electron chi connectivity index (χ0n) is 13.2. The minimum atomic E-state index is -0.869. The maximum Gasteiger partial charge on any atom is 0.309 e. The largest absolute Gasteiger partial charge is 0.481 e. The molecule has 0 aliphatic carbocycles. The quantitative estimate of drug-likeness (QED) is 0.746. The molecule has 1 amide bonds. The van der Waals surface area contributed by atoms with Gasteiger partial charge in [0.15, 0.2) is 0 Å². The number of likely N-dealkylation sites (tertiary alicyclic amines) is 1. The van der Waals surface area contributed by atoms with Crippen molar-refractivity contribution >= 4 is 11.9 Å². The predicted molar refractivity (Wildman–Crippen MR) is 79.5 cm³/mol. The summed E-state index contributed by atoms with van der Waals surface area (Å²) in [5.74, 6) is -0.799. The first-order chi connectivity index (χ1) is 11.0. The van der Waals surface area contributed by atoms with Crippen LogP contribution in [0, 0.1) is 12.8 Å². The van der Waals surface area contributed by atoms with E-state index < -0.39 is 17.4 Å². The average Bonchev–Trinajstić information content (AvgIpc) is 3.05. The Morgan fingerprint density at radius 1 is 1.39 bits per heavy atom. The Balaban J connectivity index is 1.49. The van der Waals surface area contributed by atoms with Crippen LogP contribution in [0.2, 0.25) is 0 Å². The minimum Gasteiger partial charge on any atom is -0.481 e. The van der Waals surface area contributed by atoms with E-state index in [9.17, 15) is 14.7 Å². The van der Waals surface area contributed by atoms with Gasteiger partial charge in [-0.05, 0) is 43.2 Å². The van der Waals surface area contributed by atoms with Gasteiger partial charge < -0.3 is 15.3 Å². The van der Waals surface area contributed by atoms with Crippen molar-refractivity contribution in [2.24, 2.45) is 5.92 Å². The van der Waals surface area contributed by atoms with Crippen molar-refractivity contribution in [3.8, 4) is 0 Å². The first-order valence-electron chi connectivity index (χ1n) is 7.99. The summed E-state index contributed by atoms with van der Waals surface area (Å²) in [4.78, 5) is 25.4. The molecule has 2 saturated heterocycles. The second kappa shape index (κ2) is 6.23. The number of rotatable bonds is 5. The van der Waals surface area contributed by atoms with Gasteiger partial charge in [-0.3, -0.25) is 9.59 Å². The molecule has 3 rings (SSSR count). The van der Waals surface area contributed by atoms with Gasteiger partial charge in [-0.25, -0.2) is 4.68 Å². The normalized spacial score (nSPS) is 24.0. The molecule has 9 heteroatoms. The number of carbonyl (C=O) groups excluding carboxylic acids is 1. The Hall–Kier alpha value is -2.03. The van der Waals surface area contributed by atoms with Gasteiger partial charge in [0.25, 0.3) is 0 Å². The summed E-state index contributed by atoms with van der Waals surface area (Å²) in [6, 6.07) is 0. The summed E-state index contributed by atoms with van der Waals surface area (Å²) in [5.41, 5.74) is -0.550. The van der Waals surface area contributed by atoms with Crippen molar-refractivity contribution in [1.29, 1.82) is 0 Å². The zero-order valence-corrected chi connectivity index (χ0v) is 13.2. The summed E-state index contributed by atoms with van der Waals surface area (Å²) in [6.07, 6.45) is 2.43. The molecule has 1 atom stereocenters. The van der Waals surface area contributed by atoms with Gasteiger partial charge in [0.05, 0.1) is 11.5 Å². The molecular formula is C14H22N6O3. The van der Waals surface area contributed by atoms with Crippen LogP contribution in [0.15, 0.2) is 0 Å². The standard InChI is InChI=1S/C14H22N6O3/c1-10-16-17-18-20(10)6-2-5-19-7-3-14(4-8-19)11(13(22)23)9-12(21)15-14/h11H,2-9H2,1H3,(H,15,21)(H,22,23). The van der Waals surface area contributed by atoms with E-state index in [1.807, 2.05) is 6.92 Å². The monoisotopic (exact) mass is 322 g/mol. The van der Waals surface area contributed by atoms with Gasteiger partial charge in [0, 0.05) is 26.1 Å². The summed E-state index contributed by atoms with van der Waals surface area (Å²) in [7, 11) is 0. The lowest BCUT2D eigenvalue weighted by molar-refractivity contribution is -0.144. The molecule has 2 N–H and O–H groups in total. The molecule has 0 aromatic carbocycles. The van der Waals surface area contributed by atoms with E-state index in [0.717, 1.165) is 38.4 Å². The summed E-state index contributed by atoms with van der Waals surface area (Å²) in [6.45, 7) is 5.17. The van der Waals surface area contributed by atoms with Crippen LogP contribution >= 0.6 is 0 Å². The number of nitrogens with one attached hydrogen (secondary N) is 1. The highest BCUT2D eigenvalue weighted by molar-refractivity contribution is 5.88. The van der Waals surface area contributed by atoms with Gasteiger partial charge in [0.1, 0.15) is 5.82 Å². The maximum absolute atomic E-state index is 11.6. The van der Waals surface area contributed by atoms with Crippen LogP contribution in [-0.2, 0) is 16.1 Å². The number of aromatic nitrogens is 4. The number of amides is 1. The maximum atomic E-state index is 11.6. The van der Waals surface area contributed by atoms with Crippen molar-refractivity contribution in [3.63, 3.8) is 0 Å². The summed E-state index contributed by atoms with van der Waals surface area (Å²) in [5, 5.41) is 23.7. The SMILES string of the molecule is Cc1nnnn1CCCN1CCC2(CC1)NC(=O)CC2C(=O)O. The van der Waals surface area contributed by atoms with Gasteiger partial charge in [-0.15, -0.1) is 5.10 Å². The van der Waals surface area contributed by atoms with E-state index in [4.69, 9.17) is 0 Å². The Morgan fingerprint density at radius 2 is 2.13 bits per heavy atom. The Kier molecular flexibility index (Phi) is 4.29. The molecule has 1 spiro atoms. The second-order valence-electron chi connectivity index (χ2n) is 6.44. The number of nitrogens with zero attached hydrogens (tertiary/aromatic N) is 5. The fourth-order valence-electron chi connectivity index (χ4n) is 3.67. The summed E-state index contributed by atoms with van der Waals surface area (Å²) < 4.78 is 1.78. The molecule has 1 unspecified atom stereocenters. The first-order valence-corrected chi connectivity index (χ1v) is 7.99. The van der Waals surface area contributed by atoms with Crippen LogP contribution < -0.4 is 5.32 Å². The van der Waals surface area contributed by atoms with Crippen molar-refractivity contribution in [1.82, 2.24) is 30.4 Å². The van der Waals surface area contributed by atoms with E-state index >= 15 is 0 Å². The predicted octanol–water partition coefficient (Wildman–Crippen LogP) is -0.573. The van der Waals surface area contributed by atoms with Crippen molar-refractivity contribution in [3.05, 3.63) is 5.82 Å². The molecule has 2 aliphatic heterocycles. The van der Waals surface area contributed by atoms with E-state index in [2.05, 4.69) is 25.7 Å². The first kappa shape index (κ1) is 15.9. The third-order valence-electron chi connectivity index (χ3n) is 5.05. The fourth-order valence-corrected chi connectivity index (χ4v) is 3.67. The van der Waals surface area contributed by atoms with Crippen LogP contribution in [0.3, 0.4) is 0 Å². The fraction of sp³-hybridized carbons (Fsp3) is 0.786. The van der Waals surface area contributed by atoms with Crippen LogP contribution in [0.5, 0.6) is 0 Å². The molecule has 0 radical (unpaired) electrons. The van der Waals surface area contributed by atoms with Gasteiger partial charge in [0.2, 0.25) is 5.91 Å². The lowest BCUT2D eigenvalue weighted by Crippen LogP contribution is -2.55. The molecule has 2 aliphatic rings. The lowest BCUT2D eigenvalue weighted by atomic mass is 9.77. The smallest absolute Gasteiger partial charge is 0.309 e. The molecule has 1 aromatic heterocycles. The Labute approximate surface area is 134 Å². The molecule has 23 heavy (non-hydrogen) atoms. The van der Waals surface area contributed by atoms with Gasteiger partial charge in [-0.1, -0.05) is 0 Å². The van der Waals surface area contributed by atoms with Crippen LogP contribution in [-0.4, -0.2) is 67.3 Å². The van der Waals surface area contributed by atoms with Crippen molar-refractivity contribution < 1.29 is 14.7 Å². The highest BCUT2D eigenvalue weighted by atomic mass is 16.4. The zero-order chi connectivity index (χ0) is 16.4. The highest BCUT2D eigenvalue weighted by Crippen LogP contribution is 2.36. The number of hydrogen-bond acceptors (Lipinski definition) is 6. The van der Waals surface area contributed by atoms with Crippen LogP contribution in [0.1, 0.15) is 31.5 Å². The number of carboxylic acids is 1. The molecule has 126 valence electrons. The number of tetrazole rings is 1. The van der Waals surface area contributed by atoms with Gasteiger partial charge in [-0.2, -0.15) is 0 Å². The molecule has 9 nitrogen and oxygen atoms in total. The van der Waals surface area contributed by atoms with E-state index in [1.165, 1.54) is 0 Å². The lowest BCUT2D eigenvalue weighted by Gasteiger charge is -2.41. The number of piperidine rings is 1. The number of hydrogen-bond donors (Lipinski definition) is 2. The third kappa shape index (κ3) is 3.19. The number of aryl methyl sites for hydroxylation is 2. The van der Waals surface area contributed by atoms with E-state index in [0.29, 0.717) is 12.8 Å². The minimum absolute atomic E-state index is 0.105. The van der Waals surface area contributed by atoms with Crippen molar-refractivity contribution in [2.75, 3.05) is 19.6 Å². The molecule has 1 aromatic rings. The van der Waals surface area contributed by atoms with E-state index in [1.54, 1.807) is 4.68 Å². The molecule has 3 heterocycles. The molecule has 0 bridgehead atoms. The number of carbonyl (C=O) groups is 2. The molecule has 0 saturated carbocycles. The topological polar surface area (TPSA) is 113 Å². The second-order valence-corrected chi connectivity index (χ2v) is 6.44. The van der Waals surface area contributed by atoms with Crippen LogP contribution in [0.4, 0.5) is 0 Å². The van der Waals surface area contributed by atoms with Gasteiger partial charge >= 0.3 is 5.97 Å². The Morgan fingerprint density at radius 3 is 2.74 bits per heavy atom. The average molecular weight is 322 g/mol. The number of aliphatic carboxylic acids is 1.